The van der Waals surface area contributed by atoms with Crippen LogP contribution in [0.25, 0.3) is 0 Å². The third-order valence-corrected chi connectivity index (χ3v) is 2.97. The van der Waals surface area contributed by atoms with Crippen molar-refractivity contribution in [2.75, 3.05) is 18.6 Å². The lowest BCUT2D eigenvalue weighted by Crippen LogP contribution is -2.11. The minimum atomic E-state index is -2.94. The fourth-order valence-electron chi connectivity index (χ4n) is 0.842. The van der Waals surface area contributed by atoms with E-state index in [9.17, 15) is 8.42 Å². The normalized spacial score (nSPS) is 11.3. The van der Waals surface area contributed by atoms with Gasteiger partial charge in [0.15, 0.2) is 9.84 Å². The highest BCUT2D eigenvalue weighted by molar-refractivity contribution is 9.10. The molecule has 0 N–H and O–H groups in total. The summed E-state index contributed by atoms with van der Waals surface area (Å²) in [6, 6.07) is 7.25. The molecule has 0 heterocycles. The summed E-state index contributed by atoms with van der Waals surface area (Å²) in [5, 5.41) is 0. The maximum absolute atomic E-state index is 10.8. The highest BCUT2D eigenvalue weighted by Crippen LogP contribution is 2.15. The first-order chi connectivity index (χ1) is 6.47. The van der Waals surface area contributed by atoms with Gasteiger partial charge in [-0.1, -0.05) is 15.9 Å². The van der Waals surface area contributed by atoms with Gasteiger partial charge >= 0.3 is 0 Å². The summed E-state index contributed by atoms with van der Waals surface area (Å²) in [6.07, 6.45) is 1.19. The Morgan fingerprint density at radius 2 is 1.86 bits per heavy atom. The van der Waals surface area contributed by atoms with Gasteiger partial charge < -0.3 is 4.74 Å². The van der Waals surface area contributed by atoms with E-state index in [-0.39, 0.29) is 12.4 Å². The quantitative estimate of drug-likeness (QED) is 0.845. The van der Waals surface area contributed by atoms with Crippen LogP contribution in [0.4, 0.5) is 0 Å². The largest absolute Gasteiger partial charge is 0.493 e. The van der Waals surface area contributed by atoms with Gasteiger partial charge in [-0.15, -0.1) is 0 Å². The van der Waals surface area contributed by atoms with Crippen LogP contribution in [0.3, 0.4) is 0 Å². The molecule has 0 fully saturated rings. The Morgan fingerprint density at radius 1 is 1.29 bits per heavy atom. The lowest BCUT2D eigenvalue weighted by molar-refractivity contribution is 0.341. The first-order valence-electron chi connectivity index (χ1n) is 4.03. The smallest absolute Gasteiger partial charge is 0.150 e. The Morgan fingerprint density at radius 3 is 2.36 bits per heavy atom. The summed E-state index contributed by atoms with van der Waals surface area (Å²) in [5.41, 5.74) is 0. The van der Waals surface area contributed by atoms with E-state index in [1.807, 2.05) is 12.1 Å². The second-order valence-electron chi connectivity index (χ2n) is 2.93. The van der Waals surface area contributed by atoms with Crippen LogP contribution in [0.2, 0.25) is 0 Å². The molecule has 3 nitrogen and oxygen atoms in total. The number of rotatable bonds is 4. The maximum atomic E-state index is 10.8. The van der Waals surface area contributed by atoms with Crippen LogP contribution in [-0.4, -0.2) is 27.0 Å². The standard InChI is InChI=1S/C9H11BrO3S/c1-14(11,12)7-6-13-9-4-2-8(10)3-5-9/h2-5H,6-7H2,1H3. The molecule has 14 heavy (non-hydrogen) atoms. The Balaban J connectivity index is 2.43. The second-order valence-corrected chi connectivity index (χ2v) is 6.11. The van der Waals surface area contributed by atoms with Crippen molar-refractivity contribution in [3.8, 4) is 5.75 Å². The predicted molar refractivity (Wildman–Crippen MR) is 59.3 cm³/mol. The van der Waals surface area contributed by atoms with Crippen molar-refractivity contribution < 1.29 is 13.2 Å². The maximum Gasteiger partial charge on any atom is 0.150 e. The van der Waals surface area contributed by atoms with Gasteiger partial charge in [0, 0.05) is 10.7 Å². The Hall–Kier alpha value is -0.550. The molecule has 0 saturated heterocycles. The van der Waals surface area contributed by atoms with E-state index in [1.165, 1.54) is 6.26 Å². The monoisotopic (exact) mass is 278 g/mol. The first-order valence-corrected chi connectivity index (χ1v) is 6.89. The summed E-state index contributed by atoms with van der Waals surface area (Å²) in [6.45, 7) is 0.195. The zero-order valence-corrected chi connectivity index (χ0v) is 10.1. The zero-order valence-electron chi connectivity index (χ0n) is 7.73. The molecular formula is C9H11BrO3S. The molecular weight excluding hydrogens is 268 g/mol. The highest BCUT2D eigenvalue weighted by atomic mass is 79.9. The Kier molecular flexibility index (Phi) is 3.95. The third-order valence-electron chi connectivity index (χ3n) is 1.54. The Bertz CT molecular complexity index is 383. The van der Waals surface area contributed by atoms with Crippen LogP contribution in [0, 0.1) is 0 Å². The summed E-state index contributed by atoms with van der Waals surface area (Å²) >= 11 is 3.29. The predicted octanol–water partition coefficient (Wildman–Crippen LogP) is 1.87. The van der Waals surface area contributed by atoms with Crippen LogP contribution in [-0.2, 0) is 9.84 Å². The fourth-order valence-corrected chi connectivity index (χ4v) is 1.49. The molecule has 0 bridgehead atoms. The molecule has 0 amide bonds. The Labute approximate surface area is 92.1 Å². The van der Waals surface area contributed by atoms with Gasteiger partial charge in [0.1, 0.15) is 12.4 Å². The summed E-state index contributed by atoms with van der Waals surface area (Å²) in [4.78, 5) is 0. The van der Waals surface area contributed by atoms with E-state index >= 15 is 0 Å². The summed E-state index contributed by atoms with van der Waals surface area (Å²) in [7, 11) is -2.94. The number of sulfone groups is 1. The lowest BCUT2D eigenvalue weighted by Gasteiger charge is -2.04. The summed E-state index contributed by atoms with van der Waals surface area (Å²) in [5.74, 6) is 0.722. The van der Waals surface area contributed by atoms with Crippen LogP contribution in [0.15, 0.2) is 28.7 Å². The average Bonchev–Trinajstić information content (AvgIpc) is 2.06. The van der Waals surface area contributed by atoms with Gasteiger partial charge in [-0.25, -0.2) is 8.42 Å². The van der Waals surface area contributed by atoms with E-state index in [1.54, 1.807) is 12.1 Å². The van der Waals surface area contributed by atoms with Crippen molar-refractivity contribution in [2.24, 2.45) is 0 Å². The van der Waals surface area contributed by atoms with Crippen molar-refractivity contribution in [1.29, 1.82) is 0 Å². The molecule has 0 unspecified atom stereocenters. The number of hydrogen-bond acceptors (Lipinski definition) is 3. The van der Waals surface area contributed by atoms with Crippen molar-refractivity contribution in [3.05, 3.63) is 28.7 Å². The molecule has 0 radical (unpaired) electrons. The fraction of sp³-hybridized carbons (Fsp3) is 0.333. The van der Waals surface area contributed by atoms with Gasteiger partial charge in [0.2, 0.25) is 0 Å². The van der Waals surface area contributed by atoms with E-state index in [2.05, 4.69) is 15.9 Å². The van der Waals surface area contributed by atoms with E-state index < -0.39 is 9.84 Å². The van der Waals surface area contributed by atoms with Gasteiger partial charge in [0.05, 0.1) is 5.75 Å². The van der Waals surface area contributed by atoms with E-state index in [0.29, 0.717) is 5.75 Å². The van der Waals surface area contributed by atoms with Gasteiger partial charge in [0.25, 0.3) is 0 Å². The first kappa shape index (κ1) is 11.5. The third kappa shape index (κ3) is 4.62. The number of benzene rings is 1. The SMILES string of the molecule is CS(=O)(=O)CCOc1ccc(Br)cc1. The van der Waals surface area contributed by atoms with Crippen molar-refractivity contribution in [2.45, 2.75) is 0 Å². The average molecular weight is 279 g/mol. The van der Waals surface area contributed by atoms with E-state index in [0.717, 1.165) is 4.47 Å². The second kappa shape index (κ2) is 4.79. The molecule has 1 rings (SSSR count). The highest BCUT2D eigenvalue weighted by Gasteiger charge is 2.01. The molecule has 78 valence electrons. The number of ether oxygens (including phenoxy) is 1. The summed E-state index contributed by atoms with van der Waals surface area (Å²) < 4.78 is 27.8. The number of halogens is 1. The minimum Gasteiger partial charge on any atom is -0.493 e. The van der Waals surface area contributed by atoms with Gasteiger partial charge in [-0.05, 0) is 24.3 Å². The molecule has 1 aromatic carbocycles. The minimum absolute atomic E-state index is 0.0447. The van der Waals surface area contributed by atoms with Crippen LogP contribution >= 0.6 is 15.9 Å². The van der Waals surface area contributed by atoms with E-state index in [4.69, 9.17) is 4.74 Å². The topological polar surface area (TPSA) is 43.4 Å². The molecule has 0 saturated carbocycles. The van der Waals surface area contributed by atoms with Crippen molar-refractivity contribution >= 4 is 25.8 Å². The molecule has 0 aliphatic rings. The molecule has 0 aromatic heterocycles. The number of hydrogen-bond donors (Lipinski definition) is 0. The molecule has 0 aliphatic carbocycles. The van der Waals surface area contributed by atoms with Crippen molar-refractivity contribution in [1.82, 2.24) is 0 Å². The lowest BCUT2D eigenvalue weighted by atomic mass is 10.3. The van der Waals surface area contributed by atoms with Crippen LogP contribution in [0.1, 0.15) is 0 Å². The van der Waals surface area contributed by atoms with Gasteiger partial charge in [-0.2, -0.15) is 0 Å². The molecule has 1 aromatic rings. The zero-order chi connectivity index (χ0) is 10.6. The van der Waals surface area contributed by atoms with Crippen LogP contribution in [0.5, 0.6) is 5.75 Å². The van der Waals surface area contributed by atoms with Gasteiger partial charge in [-0.3, -0.25) is 0 Å². The van der Waals surface area contributed by atoms with Crippen LogP contribution < -0.4 is 4.74 Å². The van der Waals surface area contributed by atoms with Crippen molar-refractivity contribution in [3.63, 3.8) is 0 Å². The molecule has 5 heteroatoms. The molecule has 0 atom stereocenters. The molecule has 0 spiro atoms. The molecule has 0 aliphatic heterocycles.